The van der Waals surface area contributed by atoms with Gasteiger partial charge in [0.15, 0.2) is 6.29 Å². The molecular formula is C25H28ClF2N5O3S. The average Bonchev–Trinajstić information content (AvgIpc) is 3.38. The third-order valence-electron chi connectivity index (χ3n) is 6.53. The Balaban J connectivity index is 0.000000342. The first-order valence-corrected chi connectivity index (χ1v) is 13.1. The monoisotopic (exact) mass is 551 g/mol. The summed E-state index contributed by atoms with van der Waals surface area (Å²) >= 11 is 7.25. The molecule has 8 nitrogen and oxygen atoms in total. The molecule has 37 heavy (non-hydrogen) atoms. The molecule has 1 amide bonds. The minimum Gasteiger partial charge on any atom is -0.368 e. The van der Waals surface area contributed by atoms with Gasteiger partial charge in [-0.2, -0.15) is 0 Å². The molecule has 0 saturated carbocycles. The Hall–Kier alpha value is -2.89. The third-order valence-corrected chi connectivity index (χ3v) is 7.89. The molecule has 1 aromatic carbocycles. The summed E-state index contributed by atoms with van der Waals surface area (Å²) in [6, 6.07) is 7.66. The van der Waals surface area contributed by atoms with Gasteiger partial charge in [0.1, 0.15) is 11.4 Å². The summed E-state index contributed by atoms with van der Waals surface area (Å²) in [5, 5.41) is 1.10. The molecule has 0 radical (unpaired) electrons. The Morgan fingerprint density at radius 1 is 1.22 bits per heavy atom. The summed E-state index contributed by atoms with van der Waals surface area (Å²) in [6.45, 7) is 4.68. The molecule has 0 aliphatic carbocycles. The lowest BCUT2D eigenvalue weighted by molar-refractivity contribution is -0.132. The zero-order valence-electron chi connectivity index (χ0n) is 20.6. The maximum Gasteiger partial charge on any atom is 0.262 e. The highest BCUT2D eigenvalue weighted by molar-refractivity contribution is 7.20. The van der Waals surface area contributed by atoms with E-state index in [-0.39, 0.29) is 31.0 Å². The van der Waals surface area contributed by atoms with Gasteiger partial charge < -0.3 is 14.7 Å². The highest BCUT2D eigenvalue weighted by Crippen LogP contribution is 2.26. The van der Waals surface area contributed by atoms with E-state index in [2.05, 4.69) is 9.88 Å². The van der Waals surface area contributed by atoms with E-state index in [1.807, 2.05) is 24.3 Å². The Morgan fingerprint density at radius 3 is 2.51 bits per heavy atom. The van der Waals surface area contributed by atoms with Gasteiger partial charge in [0, 0.05) is 49.9 Å². The fourth-order valence-corrected chi connectivity index (χ4v) is 5.58. The van der Waals surface area contributed by atoms with E-state index < -0.39 is 5.92 Å². The normalized spacial score (nSPS) is 17.5. The number of carbonyl (C=O) groups is 2. The molecule has 2 aliphatic heterocycles. The Kier molecular flexibility index (Phi) is 8.25. The highest BCUT2D eigenvalue weighted by Gasteiger charge is 2.36. The number of aryl methyl sites for hydroxylation is 1. The van der Waals surface area contributed by atoms with Gasteiger partial charge in [0.25, 0.3) is 11.5 Å². The number of piperazine rings is 1. The van der Waals surface area contributed by atoms with Crippen molar-refractivity contribution in [2.75, 3.05) is 51.2 Å². The minimum atomic E-state index is -2.41. The molecule has 2 fully saturated rings. The molecule has 2 saturated heterocycles. The number of rotatable bonds is 4. The maximum atomic E-state index is 12.8. The number of anilines is 1. The van der Waals surface area contributed by atoms with Crippen LogP contribution < -0.4 is 10.5 Å². The lowest BCUT2D eigenvalue weighted by Gasteiger charge is -2.36. The number of amides is 1. The van der Waals surface area contributed by atoms with Crippen LogP contribution in [0, 0.1) is 6.92 Å². The van der Waals surface area contributed by atoms with Crippen LogP contribution in [0.3, 0.4) is 0 Å². The number of likely N-dealkylation sites (tertiary alicyclic amines) is 1. The van der Waals surface area contributed by atoms with E-state index in [9.17, 15) is 23.2 Å². The SMILES string of the molecule is CN1CCC(F)(F)C1.Cc1c(C=O)sc2ncn(CC(=O)N3CCN(c4cccc(Cl)c4)CC3)c(=O)c12. The molecule has 2 aromatic heterocycles. The van der Waals surface area contributed by atoms with Gasteiger partial charge in [-0.1, -0.05) is 17.7 Å². The zero-order valence-corrected chi connectivity index (χ0v) is 22.2. The lowest BCUT2D eigenvalue weighted by atomic mass is 10.2. The van der Waals surface area contributed by atoms with Crippen LogP contribution in [0.1, 0.15) is 21.7 Å². The number of nitrogens with zero attached hydrogens (tertiary/aromatic N) is 5. The molecular weight excluding hydrogens is 524 g/mol. The Bertz CT molecular complexity index is 1350. The van der Waals surface area contributed by atoms with Crippen molar-refractivity contribution in [1.29, 1.82) is 0 Å². The molecule has 4 heterocycles. The van der Waals surface area contributed by atoms with Crippen LogP contribution in [-0.2, 0) is 11.3 Å². The van der Waals surface area contributed by atoms with Crippen molar-refractivity contribution >= 4 is 51.0 Å². The number of halogens is 3. The number of hydrogen-bond donors (Lipinski definition) is 0. The maximum absolute atomic E-state index is 12.8. The van der Waals surface area contributed by atoms with Gasteiger partial charge >= 0.3 is 0 Å². The number of benzene rings is 1. The molecule has 198 valence electrons. The van der Waals surface area contributed by atoms with Crippen molar-refractivity contribution in [3.05, 3.63) is 56.4 Å². The summed E-state index contributed by atoms with van der Waals surface area (Å²) < 4.78 is 25.6. The fraction of sp³-hybridized carbons (Fsp3) is 0.440. The summed E-state index contributed by atoms with van der Waals surface area (Å²) in [6.07, 6.45) is 2.15. The highest BCUT2D eigenvalue weighted by atomic mass is 35.5. The number of aldehydes is 1. The van der Waals surface area contributed by atoms with Crippen LogP contribution in [0.25, 0.3) is 10.2 Å². The largest absolute Gasteiger partial charge is 0.368 e. The van der Waals surface area contributed by atoms with Gasteiger partial charge in [-0.15, -0.1) is 11.3 Å². The zero-order chi connectivity index (χ0) is 26.7. The van der Waals surface area contributed by atoms with Crippen molar-refractivity contribution in [2.24, 2.45) is 0 Å². The van der Waals surface area contributed by atoms with E-state index in [0.29, 0.717) is 58.4 Å². The second-order valence-electron chi connectivity index (χ2n) is 9.26. The lowest BCUT2D eigenvalue weighted by Crippen LogP contribution is -2.50. The van der Waals surface area contributed by atoms with Crippen molar-refractivity contribution < 1.29 is 18.4 Å². The first kappa shape index (κ1) is 27.2. The number of hydrogen-bond acceptors (Lipinski definition) is 7. The van der Waals surface area contributed by atoms with E-state index in [1.54, 1.807) is 23.8 Å². The molecule has 2 aliphatic rings. The van der Waals surface area contributed by atoms with E-state index >= 15 is 0 Å². The van der Waals surface area contributed by atoms with Crippen molar-refractivity contribution in [3.8, 4) is 0 Å². The topological polar surface area (TPSA) is 78.8 Å². The van der Waals surface area contributed by atoms with Gasteiger partial charge in [-0.3, -0.25) is 19.0 Å². The molecule has 3 aromatic rings. The van der Waals surface area contributed by atoms with E-state index in [1.165, 1.54) is 22.2 Å². The predicted octanol–water partition coefficient (Wildman–Crippen LogP) is 3.54. The standard InChI is InChI=1S/C20H19ClN4O3S.C5H9F2N/c1-13-16(11-26)29-19-18(13)20(28)25(12-22-19)10-17(27)24-7-5-23(6-8-24)15-4-2-3-14(21)9-15;1-8-3-2-5(6,7)4-8/h2-4,9,11-12H,5-8,10H2,1H3;2-4H2,1H3. The number of aromatic nitrogens is 2. The summed E-state index contributed by atoms with van der Waals surface area (Å²) in [4.78, 5) is 47.5. The van der Waals surface area contributed by atoms with Gasteiger partial charge in [-0.05, 0) is 37.7 Å². The van der Waals surface area contributed by atoms with Crippen LogP contribution in [0.2, 0.25) is 5.02 Å². The third kappa shape index (κ3) is 6.34. The summed E-state index contributed by atoms with van der Waals surface area (Å²) in [5.41, 5.74) is 1.37. The second-order valence-corrected chi connectivity index (χ2v) is 10.7. The molecule has 5 rings (SSSR count). The average molecular weight is 552 g/mol. The van der Waals surface area contributed by atoms with Crippen molar-refractivity contribution in [1.82, 2.24) is 19.4 Å². The van der Waals surface area contributed by atoms with E-state index in [0.717, 1.165) is 12.0 Å². The van der Waals surface area contributed by atoms with E-state index in [4.69, 9.17) is 11.6 Å². The summed E-state index contributed by atoms with van der Waals surface area (Å²) in [5.74, 6) is -2.53. The minimum absolute atomic E-state index is 0.0312. The van der Waals surface area contributed by atoms with Crippen LogP contribution >= 0.6 is 22.9 Å². The van der Waals surface area contributed by atoms with Crippen LogP contribution in [0.15, 0.2) is 35.4 Å². The fourth-order valence-electron chi connectivity index (χ4n) is 4.44. The summed E-state index contributed by atoms with van der Waals surface area (Å²) in [7, 11) is 1.71. The first-order valence-electron chi connectivity index (χ1n) is 11.9. The van der Waals surface area contributed by atoms with Gasteiger partial charge in [-0.25, -0.2) is 13.8 Å². The number of fused-ring (bicyclic) bond motifs is 1. The van der Waals surface area contributed by atoms with Crippen LogP contribution in [0.5, 0.6) is 0 Å². The molecule has 0 atom stereocenters. The predicted molar refractivity (Wildman–Crippen MR) is 141 cm³/mol. The number of carbonyl (C=O) groups excluding carboxylic acids is 2. The Labute approximate surface area is 222 Å². The number of alkyl halides is 2. The Morgan fingerprint density at radius 2 is 1.95 bits per heavy atom. The van der Waals surface area contributed by atoms with Crippen molar-refractivity contribution in [3.63, 3.8) is 0 Å². The molecule has 0 bridgehead atoms. The van der Waals surface area contributed by atoms with Crippen LogP contribution in [0.4, 0.5) is 14.5 Å². The van der Waals surface area contributed by atoms with Gasteiger partial charge in [0.2, 0.25) is 5.91 Å². The van der Waals surface area contributed by atoms with Gasteiger partial charge in [0.05, 0.1) is 23.1 Å². The molecule has 0 N–H and O–H groups in total. The molecule has 0 unspecified atom stereocenters. The first-order chi connectivity index (χ1) is 17.6. The quantitative estimate of drug-likeness (QED) is 0.462. The second kappa shape index (κ2) is 11.2. The van der Waals surface area contributed by atoms with Crippen molar-refractivity contribution in [2.45, 2.75) is 25.8 Å². The molecule has 0 spiro atoms. The number of thiophene rings is 1. The van der Waals surface area contributed by atoms with Crippen LogP contribution in [-0.4, -0.2) is 83.8 Å². The molecule has 12 heteroatoms. The smallest absolute Gasteiger partial charge is 0.262 e.